The number of benzene rings is 1. The Morgan fingerprint density at radius 3 is 2.53 bits per heavy atom. The molecule has 1 heterocycles. The molecule has 1 aromatic rings. The van der Waals surface area contributed by atoms with Crippen molar-refractivity contribution in [3.05, 3.63) is 35.4 Å². The van der Waals surface area contributed by atoms with Gasteiger partial charge in [0.2, 0.25) is 0 Å². The van der Waals surface area contributed by atoms with Crippen molar-refractivity contribution in [3.63, 3.8) is 0 Å². The second-order valence-electron chi connectivity index (χ2n) is 4.84. The highest BCUT2D eigenvalue weighted by atomic mass is 19.4. The van der Waals surface area contributed by atoms with Crippen LogP contribution in [0.15, 0.2) is 24.3 Å². The first-order chi connectivity index (χ1) is 7.76. The summed E-state index contributed by atoms with van der Waals surface area (Å²) in [6.45, 7) is 3.17. The summed E-state index contributed by atoms with van der Waals surface area (Å²) >= 11 is 0. The first-order valence-electron chi connectivity index (χ1n) is 5.37. The molecule has 0 atom stereocenters. The van der Waals surface area contributed by atoms with Crippen LogP contribution < -0.4 is 0 Å². The molecule has 17 heavy (non-hydrogen) atoms. The maximum absolute atomic E-state index is 12.5. The third-order valence-corrected chi connectivity index (χ3v) is 2.79. The average Bonchev–Trinajstić information content (AvgIpc) is 2.14. The van der Waals surface area contributed by atoms with Gasteiger partial charge in [0.25, 0.3) is 0 Å². The van der Waals surface area contributed by atoms with Crippen LogP contribution in [0.2, 0.25) is 0 Å². The highest BCUT2D eigenvalue weighted by Gasteiger charge is 2.36. The summed E-state index contributed by atoms with van der Waals surface area (Å²) < 4.78 is 37.4. The molecule has 1 aromatic carbocycles. The topological polar surface area (TPSA) is 23.5 Å². The minimum Gasteiger partial charge on any atom is -0.388 e. The number of nitrogens with zero attached hydrogens (tertiary/aromatic N) is 1. The molecular weight excluding hydrogens is 231 g/mol. The molecule has 0 amide bonds. The molecule has 1 aliphatic heterocycles. The summed E-state index contributed by atoms with van der Waals surface area (Å²) in [4.78, 5) is 1.91. The van der Waals surface area contributed by atoms with Gasteiger partial charge in [-0.1, -0.05) is 18.2 Å². The third kappa shape index (κ3) is 2.98. The van der Waals surface area contributed by atoms with Gasteiger partial charge < -0.3 is 5.11 Å². The van der Waals surface area contributed by atoms with Crippen LogP contribution in [0.5, 0.6) is 0 Å². The van der Waals surface area contributed by atoms with E-state index in [4.69, 9.17) is 0 Å². The van der Waals surface area contributed by atoms with Gasteiger partial charge in [0.15, 0.2) is 0 Å². The summed E-state index contributed by atoms with van der Waals surface area (Å²) in [6.07, 6.45) is -4.30. The van der Waals surface area contributed by atoms with Crippen molar-refractivity contribution in [3.8, 4) is 0 Å². The Hall–Kier alpha value is -1.07. The van der Waals surface area contributed by atoms with Crippen LogP contribution in [0.4, 0.5) is 13.2 Å². The first kappa shape index (κ1) is 12.4. The quantitative estimate of drug-likeness (QED) is 0.864. The van der Waals surface area contributed by atoms with Crippen molar-refractivity contribution in [2.24, 2.45) is 0 Å². The number of likely N-dealkylation sites (tertiary alicyclic amines) is 1. The zero-order valence-electron chi connectivity index (χ0n) is 9.46. The molecule has 5 heteroatoms. The standard InChI is InChI=1S/C12H14F3NO/c1-11(17)7-16(8-11)6-9-3-2-4-10(5-9)12(13,14)15/h2-5,17H,6-8H2,1H3. The summed E-state index contributed by atoms with van der Waals surface area (Å²) in [5.74, 6) is 0. The van der Waals surface area contributed by atoms with Crippen LogP contribution >= 0.6 is 0 Å². The predicted molar refractivity (Wildman–Crippen MR) is 57.3 cm³/mol. The third-order valence-electron chi connectivity index (χ3n) is 2.79. The molecule has 0 aromatic heterocycles. The number of alkyl halides is 3. The minimum absolute atomic E-state index is 0.445. The molecule has 94 valence electrons. The van der Waals surface area contributed by atoms with Crippen molar-refractivity contribution < 1.29 is 18.3 Å². The van der Waals surface area contributed by atoms with Crippen molar-refractivity contribution in [1.82, 2.24) is 4.90 Å². The summed E-state index contributed by atoms with van der Waals surface area (Å²) in [7, 11) is 0. The Morgan fingerprint density at radius 1 is 1.35 bits per heavy atom. The van der Waals surface area contributed by atoms with E-state index in [2.05, 4.69) is 0 Å². The molecule has 0 saturated carbocycles. The minimum atomic E-state index is -4.30. The number of halogens is 3. The lowest BCUT2D eigenvalue weighted by molar-refractivity contribution is -0.137. The van der Waals surface area contributed by atoms with E-state index in [-0.39, 0.29) is 0 Å². The van der Waals surface area contributed by atoms with Crippen LogP contribution in [0, 0.1) is 0 Å². The largest absolute Gasteiger partial charge is 0.416 e. The van der Waals surface area contributed by atoms with Gasteiger partial charge in [-0.25, -0.2) is 0 Å². The maximum Gasteiger partial charge on any atom is 0.416 e. The Balaban J connectivity index is 2.03. The van der Waals surface area contributed by atoms with Gasteiger partial charge in [0.1, 0.15) is 0 Å². The van der Waals surface area contributed by atoms with E-state index in [1.54, 1.807) is 13.0 Å². The van der Waals surface area contributed by atoms with Gasteiger partial charge in [-0.2, -0.15) is 13.2 Å². The molecule has 1 aliphatic rings. The van der Waals surface area contributed by atoms with Gasteiger partial charge >= 0.3 is 6.18 Å². The molecule has 2 nitrogen and oxygen atoms in total. The van der Waals surface area contributed by atoms with Crippen molar-refractivity contribution in [2.45, 2.75) is 25.2 Å². The van der Waals surface area contributed by atoms with Crippen LogP contribution in [0.1, 0.15) is 18.1 Å². The number of rotatable bonds is 2. The fourth-order valence-electron chi connectivity index (χ4n) is 2.13. The van der Waals surface area contributed by atoms with E-state index in [1.165, 1.54) is 6.07 Å². The predicted octanol–water partition coefficient (Wildman–Crippen LogP) is 2.27. The van der Waals surface area contributed by atoms with E-state index in [0.29, 0.717) is 25.2 Å². The Labute approximate surface area is 97.7 Å². The van der Waals surface area contributed by atoms with Crippen LogP contribution in [0.25, 0.3) is 0 Å². The molecule has 0 unspecified atom stereocenters. The summed E-state index contributed by atoms with van der Waals surface area (Å²) in [6, 6.07) is 5.31. The maximum atomic E-state index is 12.5. The molecule has 2 rings (SSSR count). The van der Waals surface area contributed by atoms with Crippen LogP contribution in [-0.4, -0.2) is 28.7 Å². The highest BCUT2D eigenvalue weighted by molar-refractivity contribution is 5.25. The fourth-order valence-corrected chi connectivity index (χ4v) is 2.13. The van der Waals surface area contributed by atoms with Gasteiger partial charge in [0, 0.05) is 19.6 Å². The molecule has 0 bridgehead atoms. The first-order valence-corrected chi connectivity index (χ1v) is 5.37. The Morgan fingerprint density at radius 2 is 2.00 bits per heavy atom. The number of hydrogen-bond donors (Lipinski definition) is 1. The lowest BCUT2D eigenvalue weighted by atomic mass is 9.96. The Kier molecular flexibility index (Phi) is 2.91. The smallest absolute Gasteiger partial charge is 0.388 e. The zero-order valence-corrected chi connectivity index (χ0v) is 9.46. The lowest BCUT2D eigenvalue weighted by Crippen LogP contribution is -2.59. The van der Waals surface area contributed by atoms with Crippen molar-refractivity contribution >= 4 is 0 Å². The number of aliphatic hydroxyl groups is 1. The fraction of sp³-hybridized carbons (Fsp3) is 0.500. The molecule has 1 fully saturated rings. The molecule has 1 saturated heterocycles. The molecule has 0 radical (unpaired) electrons. The second-order valence-corrected chi connectivity index (χ2v) is 4.84. The summed E-state index contributed by atoms with van der Waals surface area (Å²) in [5, 5.41) is 9.52. The van der Waals surface area contributed by atoms with E-state index in [9.17, 15) is 18.3 Å². The van der Waals surface area contributed by atoms with Crippen molar-refractivity contribution in [2.75, 3.05) is 13.1 Å². The van der Waals surface area contributed by atoms with E-state index in [1.807, 2.05) is 4.90 Å². The number of hydrogen-bond acceptors (Lipinski definition) is 2. The van der Waals surface area contributed by atoms with Gasteiger partial charge in [0.05, 0.1) is 11.2 Å². The molecule has 0 aliphatic carbocycles. The normalized spacial score (nSPS) is 20.1. The lowest BCUT2D eigenvalue weighted by Gasteiger charge is -2.44. The van der Waals surface area contributed by atoms with Crippen LogP contribution in [-0.2, 0) is 12.7 Å². The molecule has 1 N–H and O–H groups in total. The van der Waals surface area contributed by atoms with E-state index >= 15 is 0 Å². The SMILES string of the molecule is CC1(O)CN(Cc2cccc(C(F)(F)F)c2)C1. The number of β-amino-alcohol motifs (C(OH)–C–C–N with tert-alkyl or cyclic N) is 1. The second kappa shape index (κ2) is 3.99. The van der Waals surface area contributed by atoms with Gasteiger partial charge in [-0.3, -0.25) is 4.90 Å². The zero-order chi connectivity index (χ0) is 12.7. The molecule has 0 spiro atoms. The molecular formula is C12H14F3NO. The summed E-state index contributed by atoms with van der Waals surface area (Å²) in [5.41, 5.74) is -0.695. The van der Waals surface area contributed by atoms with Crippen molar-refractivity contribution in [1.29, 1.82) is 0 Å². The highest BCUT2D eigenvalue weighted by Crippen LogP contribution is 2.30. The van der Waals surface area contributed by atoms with E-state index in [0.717, 1.165) is 12.1 Å². The monoisotopic (exact) mass is 245 g/mol. The average molecular weight is 245 g/mol. The van der Waals surface area contributed by atoms with Crippen LogP contribution in [0.3, 0.4) is 0 Å². The van der Waals surface area contributed by atoms with E-state index < -0.39 is 17.3 Å². The Bertz CT molecular complexity index is 406. The van der Waals surface area contributed by atoms with Gasteiger partial charge in [-0.15, -0.1) is 0 Å². The van der Waals surface area contributed by atoms with Gasteiger partial charge in [-0.05, 0) is 18.6 Å².